The predicted molar refractivity (Wildman–Crippen MR) is 71.1 cm³/mol. The Balaban J connectivity index is 1.83. The molecule has 5 aliphatic rings. The highest BCUT2D eigenvalue weighted by Gasteiger charge is 2.65. The lowest BCUT2D eigenvalue weighted by Gasteiger charge is -2.67. The van der Waals surface area contributed by atoms with Crippen molar-refractivity contribution in [1.82, 2.24) is 4.90 Å². The molecule has 102 valence electrons. The van der Waals surface area contributed by atoms with Crippen molar-refractivity contribution in [3.05, 3.63) is 12.2 Å². The van der Waals surface area contributed by atoms with Gasteiger partial charge in [-0.25, -0.2) is 0 Å². The summed E-state index contributed by atoms with van der Waals surface area (Å²) in [5.74, 6) is 1.97. The molecule has 0 aromatic heterocycles. The van der Waals surface area contributed by atoms with E-state index in [1.165, 1.54) is 31.4 Å². The second-order valence-corrected chi connectivity index (χ2v) is 7.64. The minimum absolute atomic E-state index is 0.0672. The molecule has 2 atom stereocenters. The number of nitrogens with zero attached hydrogens (tertiary/aromatic N) is 1. The second kappa shape index (κ2) is 3.31. The summed E-state index contributed by atoms with van der Waals surface area (Å²) in [6.45, 7) is 4.57. The SMILES string of the molecule is CC1(C)C2CC3CC(C2)CC1(N1C(=O)C=CC1=O)C3. The number of amides is 2. The Labute approximate surface area is 114 Å². The summed E-state index contributed by atoms with van der Waals surface area (Å²) in [7, 11) is 0. The van der Waals surface area contributed by atoms with E-state index in [0.29, 0.717) is 5.92 Å². The summed E-state index contributed by atoms with van der Waals surface area (Å²) in [4.78, 5) is 26.0. The molecule has 0 saturated heterocycles. The Kier molecular flexibility index (Phi) is 2.03. The van der Waals surface area contributed by atoms with Gasteiger partial charge in [-0.15, -0.1) is 0 Å². The van der Waals surface area contributed by atoms with Gasteiger partial charge in [0.25, 0.3) is 11.8 Å². The van der Waals surface area contributed by atoms with Crippen LogP contribution in [-0.2, 0) is 9.59 Å². The maximum atomic E-state index is 12.2. The summed E-state index contributed by atoms with van der Waals surface area (Å²) < 4.78 is 0. The summed E-state index contributed by atoms with van der Waals surface area (Å²) in [5, 5.41) is 0. The van der Waals surface area contributed by atoms with Crippen LogP contribution in [0.3, 0.4) is 0 Å². The molecule has 1 aliphatic heterocycles. The average Bonchev–Trinajstić information content (AvgIpc) is 2.66. The Bertz CT molecular complexity index is 473. The topological polar surface area (TPSA) is 37.4 Å². The highest BCUT2D eigenvalue weighted by atomic mass is 16.2. The number of imide groups is 1. The van der Waals surface area contributed by atoms with E-state index in [0.717, 1.165) is 24.7 Å². The zero-order valence-electron chi connectivity index (χ0n) is 11.7. The highest BCUT2D eigenvalue weighted by Crippen LogP contribution is 2.66. The van der Waals surface area contributed by atoms with Gasteiger partial charge >= 0.3 is 0 Å². The van der Waals surface area contributed by atoms with Gasteiger partial charge < -0.3 is 0 Å². The van der Waals surface area contributed by atoms with E-state index >= 15 is 0 Å². The fraction of sp³-hybridized carbons (Fsp3) is 0.750. The van der Waals surface area contributed by atoms with Gasteiger partial charge in [0.05, 0.1) is 5.54 Å². The Morgan fingerprint density at radius 3 is 2.05 bits per heavy atom. The molecule has 4 bridgehead atoms. The molecule has 1 heterocycles. The monoisotopic (exact) mass is 259 g/mol. The third kappa shape index (κ3) is 1.24. The highest BCUT2D eigenvalue weighted by molar-refractivity contribution is 6.13. The normalized spacial score (nSPS) is 46.4. The van der Waals surface area contributed by atoms with E-state index in [-0.39, 0.29) is 22.8 Å². The van der Waals surface area contributed by atoms with E-state index in [9.17, 15) is 9.59 Å². The van der Waals surface area contributed by atoms with Gasteiger partial charge in [-0.2, -0.15) is 0 Å². The fourth-order valence-electron chi connectivity index (χ4n) is 5.72. The molecule has 2 unspecified atom stereocenters. The zero-order chi connectivity index (χ0) is 13.4. The van der Waals surface area contributed by atoms with Crippen LogP contribution in [0.4, 0.5) is 0 Å². The van der Waals surface area contributed by atoms with Crippen LogP contribution in [0.5, 0.6) is 0 Å². The largest absolute Gasteiger partial charge is 0.269 e. The Morgan fingerprint density at radius 2 is 1.53 bits per heavy atom. The van der Waals surface area contributed by atoms with Crippen molar-refractivity contribution >= 4 is 11.8 Å². The van der Waals surface area contributed by atoms with Crippen LogP contribution in [0.2, 0.25) is 0 Å². The van der Waals surface area contributed by atoms with Gasteiger partial charge in [0.2, 0.25) is 0 Å². The third-order valence-electron chi connectivity index (χ3n) is 6.61. The molecule has 0 aromatic rings. The van der Waals surface area contributed by atoms with E-state index in [1.807, 2.05) is 0 Å². The molecule has 0 N–H and O–H groups in total. The molecule has 0 aromatic carbocycles. The number of carbonyl (C=O) groups is 2. The summed E-state index contributed by atoms with van der Waals surface area (Å²) in [6, 6.07) is 0. The lowest BCUT2D eigenvalue weighted by atomic mass is 9.42. The van der Waals surface area contributed by atoms with Crippen molar-refractivity contribution in [2.24, 2.45) is 23.2 Å². The molecule has 3 nitrogen and oxygen atoms in total. The standard InChI is InChI=1S/C16H21NO2/c1-15(2)12-6-10-5-11(7-12)9-16(15,8-10)17-13(18)3-4-14(17)19/h3-4,10-12H,5-9H2,1-2H3. The van der Waals surface area contributed by atoms with Crippen LogP contribution < -0.4 is 0 Å². The van der Waals surface area contributed by atoms with E-state index in [2.05, 4.69) is 13.8 Å². The molecule has 19 heavy (non-hydrogen) atoms. The molecule has 4 aliphatic carbocycles. The van der Waals surface area contributed by atoms with E-state index < -0.39 is 0 Å². The van der Waals surface area contributed by atoms with Crippen LogP contribution in [0.15, 0.2) is 12.2 Å². The van der Waals surface area contributed by atoms with Crippen molar-refractivity contribution in [1.29, 1.82) is 0 Å². The van der Waals surface area contributed by atoms with Crippen molar-refractivity contribution in [3.8, 4) is 0 Å². The van der Waals surface area contributed by atoms with Gasteiger partial charge in [0, 0.05) is 12.2 Å². The lowest BCUT2D eigenvalue weighted by molar-refractivity contribution is -0.187. The fourth-order valence-corrected chi connectivity index (χ4v) is 5.72. The quantitative estimate of drug-likeness (QED) is 0.679. The Hall–Kier alpha value is -1.12. The smallest absolute Gasteiger partial charge is 0.254 e. The third-order valence-corrected chi connectivity index (χ3v) is 6.61. The lowest BCUT2D eigenvalue weighted by Crippen LogP contribution is -2.70. The molecule has 4 fully saturated rings. The molecular weight excluding hydrogens is 238 g/mol. The summed E-state index contributed by atoms with van der Waals surface area (Å²) in [5.41, 5.74) is -0.142. The molecule has 5 rings (SSSR count). The van der Waals surface area contributed by atoms with Crippen molar-refractivity contribution in [2.45, 2.75) is 51.5 Å². The molecule has 3 heteroatoms. The first-order valence-electron chi connectivity index (χ1n) is 7.50. The first-order valence-corrected chi connectivity index (χ1v) is 7.50. The molecular formula is C16H21NO2. The molecule has 0 spiro atoms. The van der Waals surface area contributed by atoms with Gasteiger partial charge in [-0.3, -0.25) is 14.5 Å². The predicted octanol–water partition coefficient (Wildman–Crippen LogP) is 2.52. The van der Waals surface area contributed by atoms with Gasteiger partial charge in [-0.1, -0.05) is 13.8 Å². The number of rotatable bonds is 1. The zero-order valence-corrected chi connectivity index (χ0v) is 11.7. The van der Waals surface area contributed by atoms with E-state index in [4.69, 9.17) is 0 Å². The second-order valence-electron chi connectivity index (χ2n) is 7.64. The van der Waals surface area contributed by atoms with Crippen molar-refractivity contribution in [3.63, 3.8) is 0 Å². The van der Waals surface area contributed by atoms with Gasteiger partial charge in [0.1, 0.15) is 0 Å². The number of hydrogen-bond donors (Lipinski definition) is 0. The first kappa shape index (κ1) is 11.7. The van der Waals surface area contributed by atoms with Crippen molar-refractivity contribution in [2.75, 3.05) is 0 Å². The molecule has 0 radical (unpaired) electrons. The Morgan fingerprint density at radius 1 is 1.00 bits per heavy atom. The van der Waals surface area contributed by atoms with Crippen molar-refractivity contribution < 1.29 is 9.59 Å². The number of hydrogen-bond acceptors (Lipinski definition) is 2. The summed E-state index contributed by atoms with van der Waals surface area (Å²) >= 11 is 0. The molecule has 4 saturated carbocycles. The van der Waals surface area contributed by atoms with Gasteiger partial charge in [0.15, 0.2) is 0 Å². The van der Waals surface area contributed by atoms with Crippen LogP contribution in [-0.4, -0.2) is 22.3 Å². The van der Waals surface area contributed by atoms with Crippen LogP contribution in [0, 0.1) is 23.2 Å². The average molecular weight is 259 g/mol. The minimum Gasteiger partial charge on any atom is -0.269 e. The maximum Gasteiger partial charge on any atom is 0.254 e. The summed E-state index contributed by atoms with van der Waals surface area (Å²) in [6.07, 6.45) is 8.90. The van der Waals surface area contributed by atoms with Gasteiger partial charge in [-0.05, 0) is 55.3 Å². The maximum absolute atomic E-state index is 12.2. The molecule has 2 amide bonds. The van der Waals surface area contributed by atoms with Crippen LogP contribution in [0.25, 0.3) is 0 Å². The first-order chi connectivity index (χ1) is 8.94. The minimum atomic E-state index is -0.209. The number of carbonyl (C=O) groups excluding carboxylic acids is 2. The van der Waals surface area contributed by atoms with Crippen LogP contribution in [0.1, 0.15) is 46.0 Å². The van der Waals surface area contributed by atoms with E-state index in [1.54, 1.807) is 4.90 Å². The van der Waals surface area contributed by atoms with Crippen LogP contribution >= 0.6 is 0 Å².